The summed E-state index contributed by atoms with van der Waals surface area (Å²) in [5.41, 5.74) is 1.06. The maximum Gasteiger partial charge on any atom is 0.0716 e. The summed E-state index contributed by atoms with van der Waals surface area (Å²) in [6.45, 7) is 0. The molecular formula is C10H11BrOS2. The van der Waals surface area contributed by atoms with Gasteiger partial charge in [0, 0.05) is 10.7 Å². The standard InChI is InChI=1S/C10H11BrOS2/c1-13-10(14(2)12)7-8-5-3-4-6-9(8)11/h3-7H,1-2H3. The van der Waals surface area contributed by atoms with Crippen LogP contribution in [0.4, 0.5) is 0 Å². The van der Waals surface area contributed by atoms with Crippen molar-refractivity contribution in [3.8, 4) is 0 Å². The summed E-state index contributed by atoms with van der Waals surface area (Å²) in [4.78, 5) is 0. The first-order valence-corrected chi connectivity index (χ1v) is 7.56. The van der Waals surface area contributed by atoms with E-state index in [0.717, 1.165) is 14.3 Å². The maximum absolute atomic E-state index is 11.3. The molecule has 0 radical (unpaired) electrons. The summed E-state index contributed by atoms with van der Waals surface area (Å²) >= 11 is 4.97. The highest BCUT2D eigenvalue weighted by atomic mass is 79.9. The van der Waals surface area contributed by atoms with Crippen LogP contribution in [0, 0.1) is 0 Å². The third kappa shape index (κ3) is 3.26. The van der Waals surface area contributed by atoms with E-state index in [1.807, 2.05) is 36.6 Å². The van der Waals surface area contributed by atoms with Gasteiger partial charge in [-0.1, -0.05) is 34.1 Å². The van der Waals surface area contributed by atoms with E-state index in [4.69, 9.17) is 0 Å². The van der Waals surface area contributed by atoms with Crippen molar-refractivity contribution in [1.82, 2.24) is 0 Å². The van der Waals surface area contributed by atoms with Crippen LogP contribution in [-0.2, 0) is 10.8 Å². The van der Waals surface area contributed by atoms with E-state index < -0.39 is 10.8 Å². The van der Waals surface area contributed by atoms with Gasteiger partial charge in [0.1, 0.15) is 0 Å². The number of benzene rings is 1. The Morgan fingerprint density at radius 2 is 2.14 bits per heavy atom. The first-order valence-electron chi connectivity index (χ1n) is 3.99. The lowest BCUT2D eigenvalue weighted by atomic mass is 10.2. The Morgan fingerprint density at radius 3 is 2.64 bits per heavy atom. The highest BCUT2D eigenvalue weighted by Crippen LogP contribution is 2.23. The van der Waals surface area contributed by atoms with E-state index in [1.54, 1.807) is 6.26 Å². The van der Waals surface area contributed by atoms with Gasteiger partial charge < -0.3 is 0 Å². The van der Waals surface area contributed by atoms with Crippen molar-refractivity contribution in [2.24, 2.45) is 0 Å². The predicted octanol–water partition coefficient (Wildman–Crippen LogP) is 3.49. The summed E-state index contributed by atoms with van der Waals surface area (Å²) in [5.74, 6) is 0. The second-order valence-corrected chi connectivity index (χ2v) is 5.95. The molecule has 1 rings (SSSR count). The quantitative estimate of drug-likeness (QED) is 0.848. The Labute approximate surface area is 99.6 Å². The molecule has 0 fully saturated rings. The molecule has 0 aromatic heterocycles. The lowest BCUT2D eigenvalue weighted by Crippen LogP contribution is -1.87. The van der Waals surface area contributed by atoms with Crippen molar-refractivity contribution in [2.45, 2.75) is 0 Å². The minimum atomic E-state index is -0.909. The minimum absolute atomic E-state index is 0.886. The molecule has 1 nitrogen and oxygen atoms in total. The van der Waals surface area contributed by atoms with Crippen LogP contribution in [0.25, 0.3) is 6.08 Å². The fourth-order valence-electron chi connectivity index (χ4n) is 0.978. The van der Waals surface area contributed by atoms with Crippen molar-refractivity contribution in [2.75, 3.05) is 12.5 Å². The second-order valence-electron chi connectivity index (χ2n) is 2.64. The topological polar surface area (TPSA) is 17.1 Å². The zero-order valence-corrected chi connectivity index (χ0v) is 11.2. The van der Waals surface area contributed by atoms with Crippen molar-refractivity contribution in [1.29, 1.82) is 0 Å². The van der Waals surface area contributed by atoms with Gasteiger partial charge in [0.15, 0.2) is 0 Å². The van der Waals surface area contributed by atoms with Crippen LogP contribution in [0.3, 0.4) is 0 Å². The van der Waals surface area contributed by atoms with E-state index in [0.29, 0.717) is 0 Å². The SMILES string of the molecule is CSC(=Cc1ccccc1Br)S(C)=O. The molecule has 0 aliphatic heterocycles. The molecule has 0 spiro atoms. The highest BCUT2D eigenvalue weighted by molar-refractivity contribution is 9.10. The number of halogens is 1. The molecule has 76 valence electrons. The fourth-order valence-corrected chi connectivity index (χ4v) is 2.85. The average Bonchev–Trinajstić information content (AvgIpc) is 2.16. The average molecular weight is 291 g/mol. The molecule has 4 heteroatoms. The first-order chi connectivity index (χ1) is 6.65. The zero-order valence-electron chi connectivity index (χ0n) is 7.99. The van der Waals surface area contributed by atoms with E-state index in [1.165, 1.54) is 11.8 Å². The largest absolute Gasteiger partial charge is 0.254 e. The van der Waals surface area contributed by atoms with Gasteiger partial charge in [-0.2, -0.15) is 0 Å². The van der Waals surface area contributed by atoms with Crippen LogP contribution in [0.1, 0.15) is 5.56 Å². The fraction of sp³-hybridized carbons (Fsp3) is 0.200. The molecule has 0 amide bonds. The third-order valence-corrected chi connectivity index (χ3v) is 4.79. The van der Waals surface area contributed by atoms with Gasteiger partial charge in [0.25, 0.3) is 0 Å². The van der Waals surface area contributed by atoms with Crippen molar-refractivity contribution < 1.29 is 4.21 Å². The molecule has 0 saturated carbocycles. The monoisotopic (exact) mass is 290 g/mol. The van der Waals surface area contributed by atoms with Gasteiger partial charge in [-0.25, -0.2) is 0 Å². The molecule has 14 heavy (non-hydrogen) atoms. The Bertz CT molecular complexity index is 374. The van der Waals surface area contributed by atoms with E-state index in [2.05, 4.69) is 15.9 Å². The van der Waals surface area contributed by atoms with E-state index in [-0.39, 0.29) is 0 Å². The summed E-state index contributed by atoms with van der Waals surface area (Å²) < 4.78 is 13.2. The first kappa shape index (κ1) is 12.0. The number of thioether (sulfide) groups is 1. The van der Waals surface area contributed by atoms with Crippen LogP contribution in [-0.4, -0.2) is 16.7 Å². The summed E-state index contributed by atoms with van der Waals surface area (Å²) in [6.07, 6.45) is 5.58. The Hall–Kier alpha value is -0.0600. The van der Waals surface area contributed by atoms with Crippen molar-refractivity contribution >= 4 is 44.6 Å². The normalized spacial score (nSPS) is 14.1. The van der Waals surface area contributed by atoms with Crippen LogP contribution in [0.2, 0.25) is 0 Å². The number of hydrogen-bond acceptors (Lipinski definition) is 2. The Balaban J connectivity index is 3.07. The highest BCUT2D eigenvalue weighted by Gasteiger charge is 2.01. The number of hydrogen-bond donors (Lipinski definition) is 0. The minimum Gasteiger partial charge on any atom is -0.254 e. The van der Waals surface area contributed by atoms with Gasteiger partial charge in [0.05, 0.1) is 15.0 Å². The van der Waals surface area contributed by atoms with Crippen LogP contribution in [0.5, 0.6) is 0 Å². The third-order valence-electron chi connectivity index (χ3n) is 1.66. The van der Waals surface area contributed by atoms with Gasteiger partial charge in [0.2, 0.25) is 0 Å². The van der Waals surface area contributed by atoms with Crippen molar-refractivity contribution in [3.63, 3.8) is 0 Å². The lowest BCUT2D eigenvalue weighted by Gasteiger charge is -2.01. The molecule has 1 aromatic rings. The summed E-state index contributed by atoms with van der Waals surface area (Å²) in [5, 5.41) is 0. The van der Waals surface area contributed by atoms with Crippen LogP contribution < -0.4 is 0 Å². The van der Waals surface area contributed by atoms with E-state index in [9.17, 15) is 4.21 Å². The van der Waals surface area contributed by atoms with Crippen LogP contribution >= 0.6 is 27.7 Å². The van der Waals surface area contributed by atoms with Gasteiger partial charge in [-0.3, -0.25) is 4.21 Å². The Morgan fingerprint density at radius 1 is 1.50 bits per heavy atom. The van der Waals surface area contributed by atoms with Gasteiger partial charge in [-0.05, 0) is 24.0 Å². The smallest absolute Gasteiger partial charge is 0.0716 e. The van der Waals surface area contributed by atoms with E-state index >= 15 is 0 Å². The Kier molecular flexibility index (Phi) is 4.92. The second kappa shape index (κ2) is 5.73. The molecule has 0 bridgehead atoms. The van der Waals surface area contributed by atoms with Crippen LogP contribution in [0.15, 0.2) is 33.0 Å². The molecule has 0 aliphatic rings. The predicted molar refractivity (Wildman–Crippen MR) is 69.7 cm³/mol. The summed E-state index contributed by atoms with van der Waals surface area (Å²) in [6, 6.07) is 7.89. The summed E-state index contributed by atoms with van der Waals surface area (Å²) in [7, 11) is -0.909. The number of rotatable bonds is 3. The molecular weight excluding hydrogens is 280 g/mol. The molecule has 0 N–H and O–H groups in total. The lowest BCUT2D eigenvalue weighted by molar-refractivity contribution is 0.691. The molecule has 0 saturated heterocycles. The molecule has 1 atom stereocenters. The van der Waals surface area contributed by atoms with Gasteiger partial charge in [-0.15, -0.1) is 11.8 Å². The van der Waals surface area contributed by atoms with Gasteiger partial charge >= 0.3 is 0 Å². The molecule has 1 aromatic carbocycles. The van der Waals surface area contributed by atoms with Crippen molar-refractivity contribution in [3.05, 3.63) is 38.5 Å². The maximum atomic E-state index is 11.3. The molecule has 1 unspecified atom stereocenters. The molecule has 0 heterocycles. The molecule has 0 aliphatic carbocycles. The zero-order chi connectivity index (χ0) is 10.6.